The highest BCUT2D eigenvalue weighted by Crippen LogP contribution is 2.14. The van der Waals surface area contributed by atoms with Crippen LogP contribution in [0.3, 0.4) is 0 Å². The van der Waals surface area contributed by atoms with Gasteiger partial charge < -0.3 is 15.0 Å². The molecule has 5 nitrogen and oxygen atoms in total. The number of benzene rings is 1. The summed E-state index contributed by atoms with van der Waals surface area (Å²) >= 11 is 7.36. The lowest BCUT2D eigenvalue weighted by molar-refractivity contribution is 0.0601. The second-order valence-corrected chi connectivity index (χ2v) is 7.58. The third-order valence-corrected chi connectivity index (χ3v) is 5.77. The van der Waals surface area contributed by atoms with Gasteiger partial charge in [-0.1, -0.05) is 6.07 Å². The van der Waals surface area contributed by atoms with Gasteiger partial charge in [-0.2, -0.15) is 0 Å². The molecular formula is C19H23N3O2S2. The zero-order chi connectivity index (χ0) is 18.4. The van der Waals surface area contributed by atoms with Gasteiger partial charge in [0.25, 0.3) is 0 Å². The number of carbonyl (C=O) groups excluding carboxylic acids is 1. The molecule has 0 unspecified atom stereocenters. The minimum atomic E-state index is -0.335. The summed E-state index contributed by atoms with van der Waals surface area (Å²) in [6.45, 7) is 5.00. The van der Waals surface area contributed by atoms with Crippen molar-refractivity contribution in [2.24, 2.45) is 0 Å². The van der Waals surface area contributed by atoms with Crippen molar-refractivity contribution < 1.29 is 9.53 Å². The fraction of sp³-hybridized carbons (Fsp3) is 0.368. The molecule has 3 rings (SSSR count). The van der Waals surface area contributed by atoms with Gasteiger partial charge in [-0.15, -0.1) is 11.3 Å². The molecule has 0 amide bonds. The molecule has 0 spiro atoms. The van der Waals surface area contributed by atoms with Gasteiger partial charge in [0.15, 0.2) is 5.11 Å². The first-order valence-electron chi connectivity index (χ1n) is 8.65. The number of ether oxygens (including phenoxy) is 1. The molecular weight excluding hydrogens is 366 g/mol. The number of thiophene rings is 1. The molecule has 138 valence electrons. The summed E-state index contributed by atoms with van der Waals surface area (Å²) in [4.78, 5) is 17.6. The minimum absolute atomic E-state index is 0.335. The quantitative estimate of drug-likeness (QED) is 0.626. The number of piperazine rings is 1. The summed E-state index contributed by atoms with van der Waals surface area (Å²) in [5.41, 5.74) is 1.41. The molecule has 1 aliphatic heterocycles. The number of rotatable bonds is 5. The Bertz CT molecular complexity index is 724. The standard InChI is InChI=1S/C19H23N3O2S2/c1-24-18(23)15-4-6-16(7-5-15)20-19(25)22-12-10-21(11-13-22)9-8-17-3-2-14-26-17/h2-7,14H,8-13H2,1H3,(H,20,25). The van der Waals surface area contributed by atoms with E-state index in [1.165, 1.54) is 12.0 Å². The Hall–Kier alpha value is -1.96. The summed E-state index contributed by atoms with van der Waals surface area (Å²) in [5.74, 6) is -0.335. The number of methoxy groups -OCH3 is 1. The van der Waals surface area contributed by atoms with Gasteiger partial charge in [0.1, 0.15) is 0 Å². The molecule has 0 atom stereocenters. The second kappa shape index (κ2) is 9.12. The number of anilines is 1. The van der Waals surface area contributed by atoms with Crippen LogP contribution in [0.4, 0.5) is 5.69 Å². The van der Waals surface area contributed by atoms with Crippen LogP contribution in [0.25, 0.3) is 0 Å². The van der Waals surface area contributed by atoms with Gasteiger partial charge in [-0.3, -0.25) is 4.90 Å². The van der Waals surface area contributed by atoms with E-state index in [4.69, 9.17) is 17.0 Å². The summed E-state index contributed by atoms with van der Waals surface area (Å²) in [6.07, 6.45) is 1.12. The van der Waals surface area contributed by atoms with Gasteiger partial charge in [0, 0.05) is 43.3 Å². The number of nitrogens with one attached hydrogen (secondary N) is 1. The second-order valence-electron chi connectivity index (χ2n) is 6.16. The molecule has 0 radical (unpaired) electrons. The van der Waals surface area contributed by atoms with Crippen molar-refractivity contribution in [3.8, 4) is 0 Å². The molecule has 1 fully saturated rings. The van der Waals surface area contributed by atoms with E-state index in [0.29, 0.717) is 5.56 Å². The van der Waals surface area contributed by atoms with E-state index in [9.17, 15) is 4.79 Å². The first-order chi connectivity index (χ1) is 12.7. The highest BCUT2D eigenvalue weighted by atomic mass is 32.1. The lowest BCUT2D eigenvalue weighted by Gasteiger charge is -2.36. The Morgan fingerprint density at radius 3 is 2.54 bits per heavy atom. The lowest BCUT2D eigenvalue weighted by Crippen LogP contribution is -2.50. The normalized spacial score (nSPS) is 14.9. The van der Waals surface area contributed by atoms with Gasteiger partial charge in [0.2, 0.25) is 0 Å². The minimum Gasteiger partial charge on any atom is -0.465 e. The first-order valence-corrected chi connectivity index (χ1v) is 9.93. The summed E-state index contributed by atoms with van der Waals surface area (Å²) in [7, 11) is 1.38. The van der Waals surface area contributed by atoms with Crippen molar-refractivity contribution in [1.29, 1.82) is 0 Å². The average Bonchev–Trinajstić information content (AvgIpc) is 3.20. The maximum Gasteiger partial charge on any atom is 0.337 e. The van der Waals surface area contributed by atoms with Crippen LogP contribution in [-0.4, -0.2) is 60.7 Å². The van der Waals surface area contributed by atoms with E-state index < -0.39 is 0 Å². The molecule has 2 aromatic rings. The number of esters is 1. The third-order valence-electron chi connectivity index (χ3n) is 4.47. The van der Waals surface area contributed by atoms with Gasteiger partial charge in [-0.25, -0.2) is 4.79 Å². The van der Waals surface area contributed by atoms with E-state index in [1.54, 1.807) is 12.1 Å². The topological polar surface area (TPSA) is 44.8 Å². The number of nitrogens with zero attached hydrogens (tertiary/aromatic N) is 2. The molecule has 1 saturated heterocycles. The molecule has 0 saturated carbocycles. The predicted octanol–water partition coefficient (Wildman–Crippen LogP) is 3.09. The van der Waals surface area contributed by atoms with E-state index >= 15 is 0 Å². The highest BCUT2D eigenvalue weighted by molar-refractivity contribution is 7.80. The van der Waals surface area contributed by atoms with Crippen LogP contribution >= 0.6 is 23.6 Å². The van der Waals surface area contributed by atoms with Gasteiger partial charge >= 0.3 is 5.97 Å². The van der Waals surface area contributed by atoms with Crippen molar-refractivity contribution in [2.75, 3.05) is 45.2 Å². The lowest BCUT2D eigenvalue weighted by atomic mass is 10.2. The Morgan fingerprint density at radius 2 is 1.92 bits per heavy atom. The van der Waals surface area contributed by atoms with Gasteiger partial charge in [-0.05, 0) is 54.4 Å². The zero-order valence-electron chi connectivity index (χ0n) is 14.8. The molecule has 0 aliphatic carbocycles. The van der Waals surface area contributed by atoms with Crippen molar-refractivity contribution in [3.63, 3.8) is 0 Å². The Balaban J connectivity index is 1.44. The third kappa shape index (κ3) is 5.03. The Kier molecular flexibility index (Phi) is 6.60. The Labute approximate surface area is 163 Å². The Morgan fingerprint density at radius 1 is 1.19 bits per heavy atom. The van der Waals surface area contributed by atoms with Crippen LogP contribution in [-0.2, 0) is 11.2 Å². The van der Waals surface area contributed by atoms with E-state index in [1.807, 2.05) is 23.5 Å². The molecule has 26 heavy (non-hydrogen) atoms. The summed E-state index contributed by atoms with van der Waals surface area (Å²) in [6, 6.07) is 11.5. The fourth-order valence-electron chi connectivity index (χ4n) is 2.91. The monoisotopic (exact) mass is 389 g/mol. The summed E-state index contributed by atoms with van der Waals surface area (Å²) < 4.78 is 4.71. The maximum atomic E-state index is 11.5. The van der Waals surface area contributed by atoms with Crippen LogP contribution in [0.5, 0.6) is 0 Å². The largest absolute Gasteiger partial charge is 0.465 e. The highest BCUT2D eigenvalue weighted by Gasteiger charge is 2.19. The summed E-state index contributed by atoms with van der Waals surface area (Å²) in [5, 5.41) is 6.12. The first kappa shape index (κ1) is 18.8. The van der Waals surface area contributed by atoms with Crippen molar-refractivity contribution in [3.05, 3.63) is 52.2 Å². The van der Waals surface area contributed by atoms with Crippen LogP contribution in [0.1, 0.15) is 15.2 Å². The van der Waals surface area contributed by atoms with Gasteiger partial charge in [0.05, 0.1) is 12.7 Å². The van der Waals surface area contributed by atoms with Crippen LogP contribution in [0.2, 0.25) is 0 Å². The smallest absolute Gasteiger partial charge is 0.337 e. The molecule has 1 N–H and O–H groups in total. The molecule has 0 bridgehead atoms. The van der Waals surface area contributed by atoms with E-state index in [0.717, 1.165) is 49.9 Å². The number of hydrogen-bond acceptors (Lipinski definition) is 5. The molecule has 1 aliphatic rings. The van der Waals surface area contributed by atoms with E-state index in [-0.39, 0.29) is 5.97 Å². The SMILES string of the molecule is COC(=O)c1ccc(NC(=S)N2CCN(CCc3cccs3)CC2)cc1. The van der Waals surface area contributed by atoms with Crippen LogP contribution in [0, 0.1) is 0 Å². The zero-order valence-corrected chi connectivity index (χ0v) is 16.4. The number of hydrogen-bond donors (Lipinski definition) is 1. The molecule has 1 aromatic carbocycles. The van der Waals surface area contributed by atoms with Crippen molar-refractivity contribution >= 4 is 40.3 Å². The maximum absolute atomic E-state index is 11.5. The number of carbonyl (C=O) groups is 1. The average molecular weight is 390 g/mol. The molecule has 1 aromatic heterocycles. The predicted molar refractivity (Wildman–Crippen MR) is 110 cm³/mol. The number of thiocarbonyl (C=S) groups is 1. The van der Waals surface area contributed by atoms with Crippen LogP contribution < -0.4 is 5.32 Å². The fourth-order valence-corrected chi connectivity index (χ4v) is 3.91. The molecule has 7 heteroatoms. The molecule has 2 heterocycles. The van der Waals surface area contributed by atoms with Crippen LogP contribution in [0.15, 0.2) is 41.8 Å². The van der Waals surface area contributed by atoms with Crippen molar-refractivity contribution in [2.45, 2.75) is 6.42 Å². The van der Waals surface area contributed by atoms with Crippen molar-refractivity contribution in [1.82, 2.24) is 9.80 Å². The van der Waals surface area contributed by atoms with E-state index in [2.05, 4.69) is 32.6 Å².